The van der Waals surface area contributed by atoms with E-state index in [0.29, 0.717) is 29.9 Å². The molecule has 1 aromatic carbocycles. The van der Waals surface area contributed by atoms with Gasteiger partial charge in [-0.2, -0.15) is 0 Å². The number of amides is 1. The first-order chi connectivity index (χ1) is 8.45. The summed E-state index contributed by atoms with van der Waals surface area (Å²) in [5.41, 5.74) is 7.64. The molecule has 0 aromatic heterocycles. The van der Waals surface area contributed by atoms with Crippen LogP contribution in [0.4, 0.5) is 11.4 Å². The smallest absolute Gasteiger partial charge is 0.253 e. The zero-order chi connectivity index (χ0) is 13.7. The van der Waals surface area contributed by atoms with Crippen LogP contribution in [0.25, 0.3) is 0 Å². The van der Waals surface area contributed by atoms with Crippen LogP contribution >= 0.6 is 0 Å². The Morgan fingerprint density at radius 3 is 2.72 bits per heavy atom. The molecule has 5 heteroatoms. The largest absolute Gasteiger partial charge is 0.397 e. The van der Waals surface area contributed by atoms with E-state index in [4.69, 9.17) is 5.73 Å². The molecule has 1 amide bonds. The van der Waals surface area contributed by atoms with Gasteiger partial charge in [0.25, 0.3) is 5.91 Å². The number of hydrogen-bond acceptors (Lipinski definition) is 4. The SMILES string of the molecule is CCC(O)CNc1cc(C(=O)N(C)C)ccc1N. The van der Waals surface area contributed by atoms with Crippen LogP contribution in [0, 0.1) is 0 Å². The number of nitrogens with zero attached hydrogens (tertiary/aromatic N) is 1. The predicted molar refractivity (Wildman–Crippen MR) is 73.7 cm³/mol. The van der Waals surface area contributed by atoms with Crippen LogP contribution < -0.4 is 11.1 Å². The van der Waals surface area contributed by atoms with Gasteiger partial charge in [0, 0.05) is 26.2 Å². The van der Waals surface area contributed by atoms with Crippen molar-refractivity contribution in [2.75, 3.05) is 31.7 Å². The van der Waals surface area contributed by atoms with Gasteiger partial charge in [-0.05, 0) is 24.6 Å². The van der Waals surface area contributed by atoms with Crippen molar-refractivity contribution in [3.8, 4) is 0 Å². The molecule has 0 saturated heterocycles. The normalized spacial score (nSPS) is 12.0. The Labute approximate surface area is 108 Å². The molecule has 0 heterocycles. The van der Waals surface area contributed by atoms with Gasteiger partial charge >= 0.3 is 0 Å². The number of anilines is 2. The summed E-state index contributed by atoms with van der Waals surface area (Å²) in [5, 5.41) is 12.6. The van der Waals surface area contributed by atoms with Crippen LogP contribution in [-0.4, -0.2) is 42.7 Å². The quantitative estimate of drug-likeness (QED) is 0.686. The maximum atomic E-state index is 11.8. The number of carbonyl (C=O) groups is 1. The Morgan fingerprint density at radius 1 is 1.50 bits per heavy atom. The highest BCUT2D eigenvalue weighted by Crippen LogP contribution is 2.20. The number of rotatable bonds is 5. The molecular weight excluding hydrogens is 230 g/mol. The zero-order valence-electron chi connectivity index (χ0n) is 11.1. The first kappa shape index (κ1) is 14.3. The molecule has 1 unspecified atom stereocenters. The third kappa shape index (κ3) is 3.63. The average molecular weight is 251 g/mol. The molecular formula is C13H21N3O2. The van der Waals surface area contributed by atoms with Gasteiger partial charge in [-0.1, -0.05) is 6.92 Å². The maximum Gasteiger partial charge on any atom is 0.253 e. The summed E-state index contributed by atoms with van der Waals surface area (Å²) in [5.74, 6) is -0.0749. The van der Waals surface area contributed by atoms with E-state index >= 15 is 0 Å². The highest BCUT2D eigenvalue weighted by Gasteiger charge is 2.10. The minimum absolute atomic E-state index is 0.0749. The van der Waals surface area contributed by atoms with Gasteiger partial charge in [0.2, 0.25) is 0 Å². The lowest BCUT2D eigenvalue weighted by Crippen LogP contribution is -2.22. The van der Waals surface area contributed by atoms with Crippen molar-refractivity contribution in [2.24, 2.45) is 0 Å². The molecule has 1 rings (SSSR count). The molecule has 18 heavy (non-hydrogen) atoms. The van der Waals surface area contributed by atoms with Gasteiger partial charge in [-0.25, -0.2) is 0 Å². The molecule has 1 aromatic rings. The number of aliphatic hydroxyl groups is 1. The van der Waals surface area contributed by atoms with Gasteiger partial charge in [0.1, 0.15) is 0 Å². The summed E-state index contributed by atoms with van der Waals surface area (Å²) in [4.78, 5) is 13.3. The van der Waals surface area contributed by atoms with Crippen LogP contribution in [0.2, 0.25) is 0 Å². The molecule has 0 radical (unpaired) electrons. The van der Waals surface area contributed by atoms with Crippen LogP contribution in [0.5, 0.6) is 0 Å². The summed E-state index contributed by atoms with van der Waals surface area (Å²) < 4.78 is 0. The first-order valence-corrected chi connectivity index (χ1v) is 5.98. The van der Waals surface area contributed by atoms with E-state index < -0.39 is 6.10 Å². The summed E-state index contributed by atoms with van der Waals surface area (Å²) in [6.45, 7) is 2.32. The van der Waals surface area contributed by atoms with Crippen molar-refractivity contribution in [2.45, 2.75) is 19.4 Å². The van der Waals surface area contributed by atoms with Crippen LogP contribution in [0.1, 0.15) is 23.7 Å². The van der Waals surface area contributed by atoms with Gasteiger partial charge in [-0.15, -0.1) is 0 Å². The lowest BCUT2D eigenvalue weighted by molar-refractivity contribution is 0.0827. The lowest BCUT2D eigenvalue weighted by Gasteiger charge is -2.15. The molecule has 0 saturated carbocycles. The van der Waals surface area contributed by atoms with Crippen molar-refractivity contribution < 1.29 is 9.90 Å². The minimum atomic E-state index is -0.419. The summed E-state index contributed by atoms with van der Waals surface area (Å²) in [6, 6.07) is 5.09. The third-order valence-corrected chi connectivity index (χ3v) is 2.71. The van der Waals surface area contributed by atoms with Gasteiger partial charge in [0.05, 0.1) is 17.5 Å². The molecule has 100 valence electrons. The molecule has 0 fully saturated rings. The topological polar surface area (TPSA) is 78.6 Å². The Balaban J connectivity index is 2.84. The highest BCUT2D eigenvalue weighted by atomic mass is 16.3. The van der Waals surface area contributed by atoms with E-state index in [9.17, 15) is 9.90 Å². The second-order valence-electron chi connectivity index (χ2n) is 4.44. The standard InChI is InChI=1S/C13H21N3O2/c1-4-10(17)8-15-12-7-9(5-6-11(12)14)13(18)16(2)3/h5-7,10,15,17H,4,8,14H2,1-3H3. The Morgan fingerprint density at radius 2 is 2.17 bits per heavy atom. The van der Waals surface area contributed by atoms with Crippen molar-refractivity contribution >= 4 is 17.3 Å². The molecule has 4 N–H and O–H groups in total. The second-order valence-corrected chi connectivity index (χ2v) is 4.44. The van der Waals surface area contributed by atoms with Crippen LogP contribution in [0.15, 0.2) is 18.2 Å². The van der Waals surface area contributed by atoms with Gasteiger partial charge < -0.3 is 21.1 Å². The van der Waals surface area contributed by atoms with E-state index in [1.54, 1.807) is 32.3 Å². The van der Waals surface area contributed by atoms with Crippen molar-refractivity contribution in [1.82, 2.24) is 4.90 Å². The monoisotopic (exact) mass is 251 g/mol. The Hall–Kier alpha value is -1.75. The first-order valence-electron chi connectivity index (χ1n) is 5.98. The molecule has 5 nitrogen and oxygen atoms in total. The third-order valence-electron chi connectivity index (χ3n) is 2.71. The number of nitrogen functional groups attached to an aromatic ring is 1. The Bertz CT molecular complexity index is 419. The van der Waals surface area contributed by atoms with E-state index in [1.807, 2.05) is 6.92 Å². The Kier molecular flexibility index (Phi) is 4.97. The lowest BCUT2D eigenvalue weighted by atomic mass is 10.1. The molecule has 0 aliphatic heterocycles. The minimum Gasteiger partial charge on any atom is -0.397 e. The van der Waals surface area contributed by atoms with E-state index in [2.05, 4.69) is 5.32 Å². The molecule has 0 bridgehead atoms. The zero-order valence-corrected chi connectivity index (χ0v) is 11.1. The molecule has 0 spiro atoms. The fourth-order valence-electron chi connectivity index (χ4n) is 1.47. The van der Waals surface area contributed by atoms with E-state index in [-0.39, 0.29) is 5.91 Å². The maximum absolute atomic E-state index is 11.8. The van der Waals surface area contributed by atoms with Crippen molar-refractivity contribution in [3.05, 3.63) is 23.8 Å². The average Bonchev–Trinajstić information content (AvgIpc) is 2.36. The molecule has 1 atom stereocenters. The second kappa shape index (κ2) is 6.26. The summed E-state index contributed by atoms with van der Waals surface area (Å²) >= 11 is 0. The number of nitrogens with two attached hydrogens (primary N) is 1. The number of hydrogen-bond donors (Lipinski definition) is 3. The molecule has 0 aliphatic rings. The predicted octanol–water partition coefficient (Wildman–Crippen LogP) is 1.15. The van der Waals surface area contributed by atoms with Gasteiger partial charge in [-0.3, -0.25) is 4.79 Å². The van der Waals surface area contributed by atoms with E-state index in [1.165, 1.54) is 4.90 Å². The number of aliphatic hydroxyl groups excluding tert-OH is 1. The fourth-order valence-corrected chi connectivity index (χ4v) is 1.47. The number of carbonyl (C=O) groups excluding carboxylic acids is 1. The van der Waals surface area contributed by atoms with E-state index in [0.717, 1.165) is 0 Å². The van der Waals surface area contributed by atoms with Gasteiger partial charge in [0.15, 0.2) is 0 Å². The van der Waals surface area contributed by atoms with Crippen LogP contribution in [-0.2, 0) is 0 Å². The fraction of sp³-hybridized carbons (Fsp3) is 0.462. The van der Waals surface area contributed by atoms with Crippen LogP contribution in [0.3, 0.4) is 0 Å². The summed E-state index contributed by atoms with van der Waals surface area (Å²) in [6.07, 6.45) is 0.251. The molecule has 0 aliphatic carbocycles. The number of benzene rings is 1. The number of nitrogens with one attached hydrogen (secondary N) is 1. The van der Waals surface area contributed by atoms with Crippen molar-refractivity contribution in [1.29, 1.82) is 0 Å². The summed E-state index contributed by atoms with van der Waals surface area (Å²) in [7, 11) is 3.40. The highest BCUT2D eigenvalue weighted by molar-refractivity contribution is 5.95. The van der Waals surface area contributed by atoms with Crippen molar-refractivity contribution in [3.63, 3.8) is 0 Å².